The first-order valence-electron chi connectivity index (χ1n) is 0.516. The lowest BCUT2D eigenvalue weighted by Crippen LogP contribution is -1.28. The average molecular weight is 97.1 g/mol. The van der Waals surface area contributed by atoms with E-state index in [1.165, 1.54) is 0 Å². The molecule has 0 aromatic carbocycles. The highest BCUT2D eigenvalue weighted by atomic mass is 33.1. The molecule has 0 aromatic heterocycles. The molecule has 0 aromatic rings. The molecule has 0 amide bonds. The summed E-state index contributed by atoms with van der Waals surface area (Å²) in [5, 5.41) is 0. The molecule has 0 unspecified atom stereocenters. The standard InChI is InChI=1S/HO2S2/c1-3-4-2/h1H. The summed E-state index contributed by atoms with van der Waals surface area (Å²) < 4.78 is 16.4. The maximum atomic E-state index is 8.93. The highest BCUT2D eigenvalue weighted by Gasteiger charge is 1.65. The van der Waals surface area contributed by atoms with Crippen LogP contribution < -0.4 is 0 Å². The first-order valence-corrected chi connectivity index (χ1v) is 2.55. The van der Waals surface area contributed by atoms with Gasteiger partial charge < -0.3 is 4.55 Å². The summed E-state index contributed by atoms with van der Waals surface area (Å²) in [6.45, 7) is 0. The SMILES string of the molecule is [O]SSO. The fourth-order valence-corrected chi connectivity index (χ4v) is 0. The Labute approximate surface area is 32.0 Å². The van der Waals surface area contributed by atoms with Gasteiger partial charge in [0.2, 0.25) is 0 Å². The van der Waals surface area contributed by atoms with Gasteiger partial charge in [-0.3, -0.25) is 0 Å². The van der Waals surface area contributed by atoms with Gasteiger partial charge in [-0.2, -0.15) is 0 Å². The molecule has 25 valence electrons. The van der Waals surface area contributed by atoms with Crippen LogP contribution >= 0.6 is 22.1 Å². The highest BCUT2D eigenvalue weighted by molar-refractivity contribution is 8.72. The van der Waals surface area contributed by atoms with Crippen LogP contribution in [-0.2, 0) is 4.55 Å². The molecule has 0 aliphatic heterocycles. The molecule has 0 bridgehead atoms. The first kappa shape index (κ1) is 4.62. The zero-order valence-electron chi connectivity index (χ0n) is 1.67. The van der Waals surface area contributed by atoms with E-state index >= 15 is 0 Å². The van der Waals surface area contributed by atoms with Crippen molar-refractivity contribution in [1.29, 1.82) is 0 Å². The Hall–Kier alpha value is 0.620. The summed E-state index contributed by atoms with van der Waals surface area (Å²) in [5.74, 6) is 0. The smallest absolute Gasteiger partial charge is 0.133 e. The minimum absolute atomic E-state index is 0.0787. The second kappa shape index (κ2) is 3.62. The Bertz CT molecular complexity index is 6.00. The molecule has 0 saturated heterocycles. The van der Waals surface area contributed by atoms with Crippen LogP contribution in [-0.4, -0.2) is 4.55 Å². The first-order chi connectivity index (χ1) is 1.91. The Morgan fingerprint density at radius 2 is 2.00 bits per heavy atom. The molecule has 1 radical (unpaired) electrons. The van der Waals surface area contributed by atoms with E-state index in [4.69, 9.17) is 9.11 Å². The molecular formula is HO2S2. The lowest BCUT2D eigenvalue weighted by Gasteiger charge is -1.61. The molecule has 0 atom stereocenters. The van der Waals surface area contributed by atoms with E-state index in [-0.39, 0.29) is 22.1 Å². The number of hydrogen-bond acceptors (Lipinski definition) is 3. The quantitative estimate of drug-likeness (QED) is 0.394. The third-order valence-electron chi connectivity index (χ3n) is 0.0304. The fraction of sp³-hybridized carbons (Fsp3) is 0. The normalized spacial score (nSPS) is 7.50. The van der Waals surface area contributed by atoms with Crippen LogP contribution in [0.25, 0.3) is 0 Å². The molecule has 0 aliphatic carbocycles. The van der Waals surface area contributed by atoms with Crippen LogP contribution in [0.4, 0.5) is 0 Å². The monoisotopic (exact) mass is 96.9 g/mol. The molecule has 2 nitrogen and oxygen atoms in total. The van der Waals surface area contributed by atoms with E-state index in [9.17, 15) is 0 Å². The second-order valence-electron chi connectivity index (χ2n) is 0.143. The molecule has 0 saturated carbocycles. The number of rotatable bonds is 1. The second-order valence-corrected chi connectivity index (χ2v) is 1.28. The van der Waals surface area contributed by atoms with Crippen molar-refractivity contribution in [2.75, 3.05) is 0 Å². The van der Waals surface area contributed by atoms with Crippen molar-refractivity contribution in [1.82, 2.24) is 0 Å². The summed E-state index contributed by atoms with van der Waals surface area (Å²) >= 11 is 0.296. The summed E-state index contributed by atoms with van der Waals surface area (Å²) in [6.07, 6.45) is 0. The van der Waals surface area contributed by atoms with Gasteiger partial charge in [-0.25, -0.2) is 0 Å². The molecule has 4 heteroatoms. The Kier molecular flexibility index (Phi) is 4.18. The molecule has 0 spiro atoms. The van der Waals surface area contributed by atoms with Crippen LogP contribution in [0.3, 0.4) is 0 Å². The minimum Gasteiger partial charge on any atom is -0.319 e. The third kappa shape index (κ3) is 2.62. The summed E-state index contributed by atoms with van der Waals surface area (Å²) in [4.78, 5) is 0. The zero-order chi connectivity index (χ0) is 3.41. The van der Waals surface area contributed by atoms with Gasteiger partial charge in [-0.15, -0.1) is 4.55 Å². The van der Waals surface area contributed by atoms with Gasteiger partial charge in [0.25, 0.3) is 0 Å². The zero-order valence-corrected chi connectivity index (χ0v) is 3.30. The van der Waals surface area contributed by atoms with Gasteiger partial charge in [-0.1, -0.05) is 0 Å². The predicted molar refractivity (Wildman–Crippen MR) is 18.5 cm³/mol. The van der Waals surface area contributed by atoms with E-state index in [2.05, 4.69) is 0 Å². The van der Waals surface area contributed by atoms with E-state index < -0.39 is 0 Å². The minimum atomic E-state index is 0.0787. The molecule has 0 heterocycles. The third-order valence-corrected chi connectivity index (χ3v) is 0.274. The predicted octanol–water partition coefficient (Wildman–Crippen LogP) is 1.19. The largest absolute Gasteiger partial charge is 0.319 e. The van der Waals surface area contributed by atoms with E-state index in [0.717, 1.165) is 0 Å². The van der Waals surface area contributed by atoms with Gasteiger partial charge >= 0.3 is 0 Å². The molecular weight excluding hydrogens is 96.1 g/mol. The fourth-order valence-electron chi connectivity index (χ4n) is 0. The summed E-state index contributed by atoms with van der Waals surface area (Å²) in [5.41, 5.74) is 0. The lowest BCUT2D eigenvalue weighted by molar-refractivity contribution is 0.539. The molecule has 4 heavy (non-hydrogen) atoms. The highest BCUT2D eigenvalue weighted by Crippen LogP contribution is 2.09. The maximum Gasteiger partial charge on any atom is 0.133 e. The summed E-state index contributed by atoms with van der Waals surface area (Å²) in [6, 6.07) is 0. The maximum absolute atomic E-state index is 8.93. The van der Waals surface area contributed by atoms with Crippen LogP contribution in [0.1, 0.15) is 0 Å². The number of hydrogen-bond donors (Lipinski definition) is 1. The van der Waals surface area contributed by atoms with E-state index in [1.54, 1.807) is 0 Å². The molecule has 0 rings (SSSR count). The van der Waals surface area contributed by atoms with Crippen molar-refractivity contribution in [2.24, 2.45) is 0 Å². The summed E-state index contributed by atoms with van der Waals surface area (Å²) in [7, 11) is 0. The van der Waals surface area contributed by atoms with E-state index in [1.807, 2.05) is 0 Å². The van der Waals surface area contributed by atoms with Gasteiger partial charge in [0.05, 0.1) is 11.1 Å². The Balaban J connectivity index is 1.97. The molecule has 0 fully saturated rings. The van der Waals surface area contributed by atoms with Crippen molar-refractivity contribution >= 4 is 22.1 Å². The van der Waals surface area contributed by atoms with Gasteiger partial charge in [-0.05, 0) is 0 Å². The van der Waals surface area contributed by atoms with Crippen molar-refractivity contribution in [2.45, 2.75) is 0 Å². The van der Waals surface area contributed by atoms with Crippen LogP contribution in [0.5, 0.6) is 0 Å². The average Bonchev–Trinajstić information content (AvgIpc) is 1.37. The molecule has 1 N–H and O–H groups in total. The Morgan fingerprint density at radius 1 is 1.75 bits per heavy atom. The van der Waals surface area contributed by atoms with Crippen molar-refractivity contribution in [3.8, 4) is 0 Å². The van der Waals surface area contributed by atoms with E-state index in [0.29, 0.717) is 0 Å². The van der Waals surface area contributed by atoms with Gasteiger partial charge in [0.15, 0.2) is 0 Å². The van der Waals surface area contributed by atoms with Crippen molar-refractivity contribution in [3.05, 3.63) is 0 Å². The van der Waals surface area contributed by atoms with Crippen LogP contribution in [0.15, 0.2) is 0 Å². The van der Waals surface area contributed by atoms with Gasteiger partial charge in [0.1, 0.15) is 11.1 Å². The van der Waals surface area contributed by atoms with Crippen LogP contribution in [0.2, 0.25) is 0 Å². The molecule has 0 aliphatic rings. The van der Waals surface area contributed by atoms with Crippen molar-refractivity contribution in [3.63, 3.8) is 0 Å². The Morgan fingerprint density at radius 3 is 2.00 bits per heavy atom. The van der Waals surface area contributed by atoms with Gasteiger partial charge in [0, 0.05) is 0 Å². The topological polar surface area (TPSA) is 40.1 Å². The van der Waals surface area contributed by atoms with Crippen LogP contribution in [0, 0.1) is 0 Å². The lowest BCUT2D eigenvalue weighted by atomic mass is 15.9. The van der Waals surface area contributed by atoms with Crippen molar-refractivity contribution < 1.29 is 9.11 Å².